The van der Waals surface area contributed by atoms with E-state index in [0.29, 0.717) is 23.1 Å². The molecule has 1 aromatic heterocycles. The second-order valence-electron chi connectivity index (χ2n) is 11.1. The van der Waals surface area contributed by atoms with Crippen LogP contribution in [0.2, 0.25) is 0 Å². The van der Waals surface area contributed by atoms with Crippen LogP contribution in [0.15, 0.2) is 54.9 Å². The summed E-state index contributed by atoms with van der Waals surface area (Å²) >= 11 is 1.65. The van der Waals surface area contributed by atoms with Crippen molar-refractivity contribution in [2.24, 2.45) is 5.92 Å². The highest BCUT2D eigenvalue weighted by molar-refractivity contribution is 7.99. The van der Waals surface area contributed by atoms with Crippen molar-refractivity contribution in [1.29, 1.82) is 0 Å². The lowest BCUT2D eigenvalue weighted by Crippen LogP contribution is -2.56. The highest BCUT2D eigenvalue weighted by Crippen LogP contribution is 2.22. The highest BCUT2D eigenvalue weighted by atomic mass is 32.2. The minimum absolute atomic E-state index is 0.225. The van der Waals surface area contributed by atoms with Crippen molar-refractivity contribution < 1.29 is 24.6 Å². The molecule has 1 aromatic carbocycles. The maximum atomic E-state index is 13.7. The van der Waals surface area contributed by atoms with Gasteiger partial charge in [-0.1, -0.05) is 70.9 Å². The molecule has 1 heterocycles. The zero-order valence-corrected chi connectivity index (χ0v) is 26.1. The molecule has 9 nitrogen and oxygen atoms in total. The third kappa shape index (κ3) is 12.9. The third-order valence-electron chi connectivity index (χ3n) is 6.80. The van der Waals surface area contributed by atoms with Gasteiger partial charge in [-0.3, -0.25) is 19.4 Å². The molecular formula is C32H48N4O5S. The lowest BCUT2D eigenvalue weighted by molar-refractivity contribution is -0.127. The van der Waals surface area contributed by atoms with Crippen molar-refractivity contribution in [3.8, 4) is 0 Å². The molecule has 0 fully saturated rings. The average molecular weight is 601 g/mol. The molecule has 232 valence electrons. The minimum atomic E-state index is -1.42. The Kier molecular flexibility index (Phi) is 16.2. The number of carbonyl (C=O) groups is 3. The summed E-state index contributed by atoms with van der Waals surface area (Å²) in [5, 5.41) is 30.8. The molecule has 1 unspecified atom stereocenters. The molecule has 2 aromatic rings. The average Bonchev–Trinajstić information content (AvgIpc) is 2.98. The monoisotopic (exact) mass is 600 g/mol. The van der Waals surface area contributed by atoms with Crippen molar-refractivity contribution in [2.75, 3.05) is 12.3 Å². The number of aliphatic hydroxyl groups excluding tert-OH is 2. The number of pyridine rings is 1. The molecule has 2 rings (SSSR count). The number of rotatable bonds is 19. The van der Waals surface area contributed by atoms with Gasteiger partial charge in [-0.05, 0) is 42.9 Å². The molecule has 42 heavy (non-hydrogen) atoms. The maximum Gasteiger partial charge on any atom is 0.253 e. The molecule has 10 heteroatoms. The van der Waals surface area contributed by atoms with E-state index in [1.54, 1.807) is 30.1 Å². The van der Waals surface area contributed by atoms with Gasteiger partial charge in [0.15, 0.2) is 0 Å². The van der Waals surface area contributed by atoms with E-state index < -0.39 is 36.1 Å². The number of hydrogen-bond donors (Lipinski definition) is 5. The van der Waals surface area contributed by atoms with E-state index in [9.17, 15) is 24.6 Å². The zero-order valence-electron chi connectivity index (χ0n) is 25.3. The maximum absolute atomic E-state index is 13.7. The predicted octanol–water partition coefficient (Wildman–Crippen LogP) is 3.49. The molecule has 0 saturated heterocycles. The fourth-order valence-corrected chi connectivity index (χ4v) is 5.99. The van der Waals surface area contributed by atoms with Gasteiger partial charge in [0, 0.05) is 29.9 Å². The van der Waals surface area contributed by atoms with Crippen LogP contribution in [0.3, 0.4) is 0 Å². The SMILES string of the molecule is CCCC(CCC)SCC(NC(=O)c1cccnc1)C(=O)N[C@@H](Cc1ccccc1)[C@@H](O)[C@H](O)CC(=O)NCC(C)C. The number of aromatic nitrogens is 1. The summed E-state index contributed by atoms with van der Waals surface area (Å²) in [4.78, 5) is 43.1. The van der Waals surface area contributed by atoms with E-state index in [4.69, 9.17) is 0 Å². The van der Waals surface area contributed by atoms with Crippen LogP contribution in [0, 0.1) is 5.92 Å². The Morgan fingerprint density at radius 1 is 0.952 bits per heavy atom. The van der Waals surface area contributed by atoms with Crippen LogP contribution in [0.1, 0.15) is 75.7 Å². The van der Waals surface area contributed by atoms with Crippen molar-refractivity contribution in [2.45, 2.75) is 95.8 Å². The first-order chi connectivity index (χ1) is 20.1. The lowest BCUT2D eigenvalue weighted by atomic mass is 9.95. The fourth-order valence-electron chi connectivity index (χ4n) is 4.49. The van der Waals surface area contributed by atoms with Gasteiger partial charge in [0.25, 0.3) is 5.91 Å². The predicted molar refractivity (Wildman–Crippen MR) is 168 cm³/mol. The molecule has 5 N–H and O–H groups in total. The van der Waals surface area contributed by atoms with Gasteiger partial charge in [0.1, 0.15) is 12.1 Å². The molecule has 0 aliphatic heterocycles. The van der Waals surface area contributed by atoms with Crippen LogP contribution >= 0.6 is 11.8 Å². The van der Waals surface area contributed by atoms with E-state index in [0.717, 1.165) is 31.2 Å². The Hall–Kier alpha value is -2.95. The van der Waals surface area contributed by atoms with Crippen LogP contribution in [0.25, 0.3) is 0 Å². The van der Waals surface area contributed by atoms with Crippen LogP contribution in [0.5, 0.6) is 0 Å². The zero-order chi connectivity index (χ0) is 30.9. The number of benzene rings is 1. The van der Waals surface area contributed by atoms with Crippen LogP contribution in [0.4, 0.5) is 0 Å². The first-order valence-electron chi connectivity index (χ1n) is 14.9. The number of hydrogen-bond acceptors (Lipinski definition) is 7. The molecular weight excluding hydrogens is 552 g/mol. The number of amides is 3. The molecule has 0 aliphatic rings. The molecule has 4 atom stereocenters. The summed E-state index contributed by atoms with van der Waals surface area (Å²) in [6, 6.07) is 10.8. The van der Waals surface area contributed by atoms with Crippen molar-refractivity contribution >= 4 is 29.5 Å². The Morgan fingerprint density at radius 2 is 1.64 bits per heavy atom. The van der Waals surface area contributed by atoms with Gasteiger partial charge in [-0.2, -0.15) is 11.8 Å². The van der Waals surface area contributed by atoms with Crippen LogP contribution in [-0.2, 0) is 16.0 Å². The largest absolute Gasteiger partial charge is 0.390 e. The first-order valence-corrected chi connectivity index (χ1v) is 16.0. The number of nitrogens with one attached hydrogen (secondary N) is 3. The summed E-state index contributed by atoms with van der Waals surface area (Å²) in [7, 11) is 0. The molecule has 0 radical (unpaired) electrons. The third-order valence-corrected chi connectivity index (χ3v) is 8.27. The minimum Gasteiger partial charge on any atom is -0.390 e. The van der Waals surface area contributed by atoms with Crippen LogP contribution < -0.4 is 16.0 Å². The topological polar surface area (TPSA) is 141 Å². The number of thioether (sulfide) groups is 1. The van der Waals surface area contributed by atoms with E-state index >= 15 is 0 Å². The van der Waals surface area contributed by atoms with Crippen LogP contribution in [-0.4, -0.2) is 74.8 Å². The fraction of sp³-hybridized carbons (Fsp3) is 0.562. The summed E-state index contributed by atoms with van der Waals surface area (Å²) in [6.07, 6.45) is 4.16. The van der Waals surface area contributed by atoms with Gasteiger partial charge in [-0.15, -0.1) is 0 Å². The molecule has 0 spiro atoms. The van der Waals surface area contributed by atoms with Crippen molar-refractivity contribution in [3.05, 3.63) is 66.0 Å². The van der Waals surface area contributed by atoms with E-state index in [1.165, 1.54) is 6.20 Å². The van der Waals surface area contributed by atoms with Gasteiger partial charge in [-0.25, -0.2) is 0 Å². The normalized spacial score (nSPS) is 14.2. The molecule has 0 aliphatic carbocycles. The second kappa shape index (κ2) is 19.3. The Labute approximate surface area is 254 Å². The van der Waals surface area contributed by atoms with Crippen molar-refractivity contribution in [1.82, 2.24) is 20.9 Å². The van der Waals surface area contributed by atoms with Gasteiger partial charge in [0.05, 0.1) is 24.1 Å². The Balaban J connectivity index is 2.25. The number of nitrogens with zero attached hydrogens (tertiary/aromatic N) is 1. The Bertz CT molecular complexity index is 1070. The van der Waals surface area contributed by atoms with E-state index in [-0.39, 0.29) is 24.7 Å². The standard InChI is InChI=1S/C32H48N4O5S/c1-5-11-25(12-6-2)42-21-27(36-31(40)24-15-10-16-33-20-24)32(41)35-26(17-23-13-8-7-9-14-23)30(39)28(37)18-29(38)34-19-22(3)4/h7-10,13-16,20,22,25-28,30,37,39H,5-6,11-12,17-19,21H2,1-4H3,(H,34,38)(H,35,41)(H,36,40)/t26-,27?,28+,30+/m0/s1. The lowest BCUT2D eigenvalue weighted by Gasteiger charge is -2.30. The number of carbonyl (C=O) groups excluding carboxylic acids is 3. The molecule has 0 saturated carbocycles. The first kappa shape index (κ1) is 35.2. The molecule has 0 bridgehead atoms. The quantitative estimate of drug-likeness (QED) is 0.166. The summed E-state index contributed by atoms with van der Waals surface area (Å²) in [5.41, 5.74) is 1.18. The van der Waals surface area contributed by atoms with E-state index in [1.807, 2.05) is 44.2 Å². The second-order valence-corrected chi connectivity index (χ2v) is 12.4. The summed E-state index contributed by atoms with van der Waals surface area (Å²) in [6.45, 7) is 8.64. The summed E-state index contributed by atoms with van der Waals surface area (Å²) < 4.78 is 0. The highest BCUT2D eigenvalue weighted by Gasteiger charge is 2.32. The summed E-state index contributed by atoms with van der Waals surface area (Å²) in [5.74, 6) is -0.684. The van der Waals surface area contributed by atoms with Gasteiger partial charge in [0.2, 0.25) is 11.8 Å². The Morgan fingerprint density at radius 3 is 2.24 bits per heavy atom. The van der Waals surface area contributed by atoms with Gasteiger partial charge < -0.3 is 26.2 Å². The van der Waals surface area contributed by atoms with Gasteiger partial charge >= 0.3 is 0 Å². The van der Waals surface area contributed by atoms with E-state index in [2.05, 4.69) is 34.8 Å². The molecule has 3 amide bonds. The van der Waals surface area contributed by atoms with Crippen molar-refractivity contribution in [3.63, 3.8) is 0 Å². The number of aliphatic hydroxyl groups is 2. The smallest absolute Gasteiger partial charge is 0.253 e.